The molecule has 0 aliphatic heterocycles. The highest BCUT2D eigenvalue weighted by Gasteiger charge is 2.18. The number of nitrogens with zero attached hydrogens (tertiary/aromatic N) is 1. The Morgan fingerprint density at radius 1 is 0.312 bits per heavy atom. The van der Waals surface area contributed by atoms with Gasteiger partial charge >= 0.3 is 0 Å². The van der Waals surface area contributed by atoms with Gasteiger partial charge in [-0.05, 0) is 103 Å². The topological polar surface area (TPSA) is 16.4 Å². The first-order chi connectivity index (χ1) is 23.8. The number of hydrogen-bond donors (Lipinski definition) is 0. The van der Waals surface area contributed by atoms with Crippen LogP contribution in [0.3, 0.4) is 0 Å². The van der Waals surface area contributed by atoms with Crippen LogP contribution in [0.5, 0.6) is 0 Å². The lowest BCUT2D eigenvalue weighted by Crippen LogP contribution is -2.10. The molecule has 2 nitrogen and oxygen atoms in total. The molecule has 0 saturated heterocycles. The van der Waals surface area contributed by atoms with E-state index in [2.05, 4.69) is 169 Å². The summed E-state index contributed by atoms with van der Waals surface area (Å²) >= 11 is 0. The number of hydrogen-bond acceptors (Lipinski definition) is 2. The molecule has 0 bridgehead atoms. The molecule has 0 N–H and O–H groups in total. The lowest BCUT2D eigenvalue weighted by molar-refractivity contribution is 0.669. The zero-order valence-corrected chi connectivity index (χ0v) is 26.1. The molecule has 0 aliphatic rings. The van der Waals surface area contributed by atoms with E-state index in [9.17, 15) is 0 Å². The number of anilines is 3. The second kappa shape index (κ2) is 10.6. The van der Waals surface area contributed by atoms with Crippen molar-refractivity contribution in [2.24, 2.45) is 0 Å². The summed E-state index contributed by atoms with van der Waals surface area (Å²) in [6.07, 6.45) is 0. The molecular weight excluding hydrogens is 583 g/mol. The highest BCUT2D eigenvalue weighted by molar-refractivity contribution is 6.25. The average Bonchev–Trinajstić information content (AvgIpc) is 3.53. The number of fused-ring (bicyclic) bond motifs is 10. The van der Waals surface area contributed by atoms with Crippen molar-refractivity contribution in [2.45, 2.75) is 0 Å². The van der Waals surface area contributed by atoms with Crippen molar-refractivity contribution in [3.8, 4) is 11.1 Å². The predicted molar refractivity (Wildman–Crippen MR) is 204 cm³/mol. The summed E-state index contributed by atoms with van der Waals surface area (Å²) in [5, 5.41) is 12.3. The highest BCUT2D eigenvalue weighted by atomic mass is 16.3. The standard InChI is InChI=1S/C46H29NO/c1-2-15-35-30(11-1)12-10-21-36(35)31-13-9-14-32(27-31)47(34-24-26-46-44(29-34)42-20-7-8-22-45(42)48-46)33-23-25-41-39-18-4-3-16-37(39)38-17-5-6-19-40(38)43(41)28-33/h1-29H. The molecule has 10 aromatic rings. The van der Waals surface area contributed by atoms with Crippen molar-refractivity contribution >= 4 is 82.1 Å². The summed E-state index contributed by atoms with van der Waals surface area (Å²) in [6.45, 7) is 0. The minimum atomic E-state index is 0.889. The van der Waals surface area contributed by atoms with Gasteiger partial charge in [0.2, 0.25) is 0 Å². The Morgan fingerprint density at radius 3 is 1.60 bits per heavy atom. The maximum atomic E-state index is 6.24. The van der Waals surface area contributed by atoms with E-state index >= 15 is 0 Å². The largest absolute Gasteiger partial charge is 0.456 e. The fourth-order valence-electron chi connectivity index (χ4n) is 7.62. The first-order valence-corrected chi connectivity index (χ1v) is 16.4. The lowest BCUT2D eigenvalue weighted by atomic mass is 9.94. The van der Waals surface area contributed by atoms with Crippen molar-refractivity contribution in [1.82, 2.24) is 0 Å². The van der Waals surface area contributed by atoms with Gasteiger partial charge in [-0.3, -0.25) is 0 Å². The van der Waals surface area contributed by atoms with E-state index < -0.39 is 0 Å². The van der Waals surface area contributed by atoms with E-state index in [0.29, 0.717) is 0 Å². The average molecular weight is 612 g/mol. The molecule has 0 radical (unpaired) electrons. The van der Waals surface area contributed by atoms with E-state index in [1.54, 1.807) is 0 Å². The second-order valence-electron chi connectivity index (χ2n) is 12.5. The van der Waals surface area contributed by atoms with Crippen LogP contribution in [-0.4, -0.2) is 0 Å². The van der Waals surface area contributed by atoms with Gasteiger partial charge in [0.05, 0.1) is 0 Å². The molecular formula is C46H29NO. The number of furan rings is 1. The monoisotopic (exact) mass is 611 g/mol. The van der Waals surface area contributed by atoms with Crippen LogP contribution in [0.4, 0.5) is 17.1 Å². The van der Waals surface area contributed by atoms with Crippen molar-refractivity contribution < 1.29 is 4.42 Å². The van der Waals surface area contributed by atoms with Crippen LogP contribution >= 0.6 is 0 Å². The van der Waals surface area contributed by atoms with Gasteiger partial charge in [-0.25, -0.2) is 0 Å². The Labute approximate surface area is 277 Å². The summed E-state index contributed by atoms with van der Waals surface area (Å²) in [5.74, 6) is 0. The molecule has 9 aromatic carbocycles. The predicted octanol–water partition coefficient (Wildman–Crippen LogP) is 13.3. The zero-order chi connectivity index (χ0) is 31.6. The second-order valence-corrected chi connectivity index (χ2v) is 12.5. The smallest absolute Gasteiger partial charge is 0.135 e. The van der Waals surface area contributed by atoms with E-state index in [1.165, 1.54) is 54.2 Å². The van der Waals surface area contributed by atoms with E-state index in [4.69, 9.17) is 4.42 Å². The molecule has 48 heavy (non-hydrogen) atoms. The lowest BCUT2D eigenvalue weighted by Gasteiger charge is -2.27. The Kier molecular flexibility index (Phi) is 5.91. The summed E-state index contributed by atoms with van der Waals surface area (Å²) in [6, 6.07) is 63.4. The number of rotatable bonds is 4. The molecule has 0 atom stereocenters. The Hall–Kier alpha value is -6.38. The fourth-order valence-corrected chi connectivity index (χ4v) is 7.62. The summed E-state index contributed by atoms with van der Waals surface area (Å²) < 4.78 is 6.24. The maximum absolute atomic E-state index is 6.24. The highest BCUT2D eigenvalue weighted by Crippen LogP contribution is 2.43. The Morgan fingerprint density at radius 2 is 0.833 bits per heavy atom. The molecule has 0 spiro atoms. The van der Waals surface area contributed by atoms with Crippen LogP contribution in [0.25, 0.3) is 76.2 Å². The van der Waals surface area contributed by atoms with Gasteiger partial charge in [-0.15, -0.1) is 0 Å². The van der Waals surface area contributed by atoms with E-state index in [0.717, 1.165) is 39.0 Å². The van der Waals surface area contributed by atoms with Gasteiger partial charge in [0.25, 0.3) is 0 Å². The van der Waals surface area contributed by atoms with Crippen molar-refractivity contribution in [1.29, 1.82) is 0 Å². The SMILES string of the molecule is c1cc(-c2cccc3ccccc23)cc(N(c2ccc3oc4ccccc4c3c2)c2ccc3c4ccccc4c4ccccc4c3c2)c1. The van der Waals surface area contributed by atoms with E-state index in [1.807, 2.05) is 12.1 Å². The van der Waals surface area contributed by atoms with Gasteiger partial charge in [-0.2, -0.15) is 0 Å². The molecule has 10 rings (SSSR count). The Balaban J connectivity index is 1.24. The van der Waals surface area contributed by atoms with Crippen LogP contribution < -0.4 is 4.90 Å². The molecule has 1 heterocycles. The third-order valence-corrected chi connectivity index (χ3v) is 9.81. The van der Waals surface area contributed by atoms with Gasteiger partial charge in [-0.1, -0.05) is 127 Å². The third kappa shape index (κ3) is 4.13. The molecule has 0 aliphatic carbocycles. The minimum Gasteiger partial charge on any atom is -0.456 e. The van der Waals surface area contributed by atoms with Gasteiger partial charge in [0.1, 0.15) is 11.2 Å². The quantitative estimate of drug-likeness (QED) is 0.184. The molecule has 224 valence electrons. The minimum absolute atomic E-state index is 0.889. The third-order valence-electron chi connectivity index (χ3n) is 9.81. The van der Waals surface area contributed by atoms with Crippen LogP contribution in [0, 0.1) is 0 Å². The molecule has 0 fully saturated rings. The maximum Gasteiger partial charge on any atom is 0.135 e. The van der Waals surface area contributed by atoms with Crippen molar-refractivity contribution in [3.05, 3.63) is 176 Å². The summed E-state index contributed by atoms with van der Waals surface area (Å²) in [7, 11) is 0. The van der Waals surface area contributed by atoms with Crippen molar-refractivity contribution in [2.75, 3.05) is 4.90 Å². The molecule has 1 aromatic heterocycles. The van der Waals surface area contributed by atoms with Gasteiger partial charge in [0.15, 0.2) is 0 Å². The van der Waals surface area contributed by atoms with Gasteiger partial charge < -0.3 is 9.32 Å². The van der Waals surface area contributed by atoms with Crippen LogP contribution in [0.1, 0.15) is 0 Å². The normalized spacial score (nSPS) is 11.8. The van der Waals surface area contributed by atoms with Crippen LogP contribution in [0.15, 0.2) is 180 Å². The van der Waals surface area contributed by atoms with Crippen LogP contribution in [-0.2, 0) is 0 Å². The first-order valence-electron chi connectivity index (χ1n) is 16.4. The fraction of sp³-hybridized carbons (Fsp3) is 0. The molecule has 0 amide bonds. The molecule has 2 heteroatoms. The first kappa shape index (κ1) is 26.8. The van der Waals surface area contributed by atoms with Crippen molar-refractivity contribution in [3.63, 3.8) is 0 Å². The summed E-state index contributed by atoms with van der Waals surface area (Å²) in [4.78, 5) is 2.39. The number of benzene rings is 9. The molecule has 0 unspecified atom stereocenters. The van der Waals surface area contributed by atoms with Crippen LogP contribution in [0.2, 0.25) is 0 Å². The van der Waals surface area contributed by atoms with E-state index in [-0.39, 0.29) is 0 Å². The number of para-hydroxylation sites is 1. The zero-order valence-electron chi connectivity index (χ0n) is 26.1. The summed E-state index contributed by atoms with van der Waals surface area (Å²) in [5.41, 5.74) is 7.47. The molecule has 0 saturated carbocycles. The Bertz CT molecular complexity index is 2820. The van der Waals surface area contributed by atoms with Gasteiger partial charge in [0, 0.05) is 27.8 Å².